The third-order valence-electron chi connectivity index (χ3n) is 1.42. The molecule has 0 fully saturated rings. The molecule has 0 spiro atoms. The fourth-order valence-corrected chi connectivity index (χ4v) is 0.922. The van der Waals surface area contributed by atoms with Crippen LogP contribution in [0.25, 0.3) is 0 Å². The second-order valence-electron chi connectivity index (χ2n) is 2.97. The Labute approximate surface area is 75.1 Å². The first kappa shape index (κ1) is 9.66. The van der Waals surface area contributed by atoms with E-state index in [1.165, 1.54) is 0 Å². The lowest BCUT2D eigenvalue weighted by molar-refractivity contribution is -0.136. The molecule has 0 amide bonds. The quantitative estimate of drug-likeness (QED) is 0.697. The van der Waals surface area contributed by atoms with Gasteiger partial charge >= 0.3 is 5.97 Å². The SMILES string of the molecule is CN(C)Cc1nonc1CC(=O)O. The minimum absolute atomic E-state index is 0.146. The number of hydrogen-bond acceptors (Lipinski definition) is 5. The minimum atomic E-state index is -0.935. The fraction of sp³-hybridized carbons (Fsp3) is 0.571. The lowest BCUT2D eigenvalue weighted by atomic mass is 10.2. The topological polar surface area (TPSA) is 79.5 Å². The molecular formula is C7H11N3O3. The summed E-state index contributed by atoms with van der Waals surface area (Å²) in [7, 11) is 3.72. The number of hydrogen-bond donors (Lipinski definition) is 1. The van der Waals surface area contributed by atoms with E-state index in [1.807, 2.05) is 19.0 Å². The van der Waals surface area contributed by atoms with Crippen molar-refractivity contribution in [3.63, 3.8) is 0 Å². The first-order valence-corrected chi connectivity index (χ1v) is 3.76. The predicted octanol–water partition coefficient (Wildman–Crippen LogP) is -0.242. The molecule has 1 N–H and O–H groups in total. The van der Waals surface area contributed by atoms with Crippen LogP contribution in [0.4, 0.5) is 0 Å². The van der Waals surface area contributed by atoms with Crippen molar-refractivity contribution in [3.8, 4) is 0 Å². The Hall–Kier alpha value is -1.43. The summed E-state index contributed by atoms with van der Waals surface area (Å²) in [5.74, 6) is -0.935. The van der Waals surface area contributed by atoms with Crippen molar-refractivity contribution >= 4 is 5.97 Å². The molecule has 0 aliphatic carbocycles. The fourth-order valence-electron chi connectivity index (χ4n) is 0.922. The molecule has 6 heteroatoms. The highest BCUT2D eigenvalue weighted by molar-refractivity contribution is 5.69. The van der Waals surface area contributed by atoms with Crippen LogP contribution in [0.5, 0.6) is 0 Å². The van der Waals surface area contributed by atoms with Gasteiger partial charge in [-0.2, -0.15) is 0 Å². The van der Waals surface area contributed by atoms with E-state index in [2.05, 4.69) is 14.9 Å². The highest BCUT2D eigenvalue weighted by atomic mass is 16.6. The minimum Gasteiger partial charge on any atom is -0.481 e. The lowest BCUT2D eigenvalue weighted by Crippen LogP contribution is -2.13. The first-order chi connectivity index (χ1) is 6.09. The van der Waals surface area contributed by atoms with Crippen molar-refractivity contribution in [3.05, 3.63) is 11.4 Å². The van der Waals surface area contributed by atoms with Crippen molar-refractivity contribution in [1.29, 1.82) is 0 Å². The van der Waals surface area contributed by atoms with Crippen LogP contribution in [-0.2, 0) is 17.8 Å². The molecule has 0 radical (unpaired) electrons. The summed E-state index contributed by atoms with van der Waals surface area (Å²) in [4.78, 5) is 12.2. The number of carboxylic acid groups (broad SMARTS) is 1. The van der Waals surface area contributed by atoms with Gasteiger partial charge in [-0.3, -0.25) is 4.79 Å². The third kappa shape index (κ3) is 2.83. The van der Waals surface area contributed by atoms with Crippen LogP contribution in [0.1, 0.15) is 11.4 Å². The van der Waals surface area contributed by atoms with Crippen LogP contribution in [0.3, 0.4) is 0 Å². The molecular weight excluding hydrogens is 174 g/mol. The van der Waals surface area contributed by atoms with Gasteiger partial charge in [-0.15, -0.1) is 0 Å². The molecule has 0 aromatic carbocycles. The van der Waals surface area contributed by atoms with Gasteiger partial charge in [0.05, 0.1) is 6.42 Å². The Morgan fingerprint density at radius 3 is 2.62 bits per heavy atom. The van der Waals surface area contributed by atoms with Crippen LogP contribution < -0.4 is 0 Å². The number of nitrogens with zero attached hydrogens (tertiary/aromatic N) is 3. The molecule has 1 rings (SSSR count). The van der Waals surface area contributed by atoms with Gasteiger partial charge in [0, 0.05) is 6.54 Å². The first-order valence-electron chi connectivity index (χ1n) is 3.76. The van der Waals surface area contributed by atoms with Crippen molar-refractivity contribution in [2.24, 2.45) is 0 Å². The highest BCUT2D eigenvalue weighted by Crippen LogP contribution is 2.05. The lowest BCUT2D eigenvalue weighted by Gasteiger charge is -2.05. The van der Waals surface area contributed by atoms with Crippen molar-refractivity contribution < 1.29 is 14.5 Å². The summed E-state index contributed by atoms with van der Waals surface area (Å²) in [5.41, 5.74) is 0.966. The maximum absolute atomic E-state index is 10.4. The monoisotopic (exact) mass is 185 g/mol. The van der Waals surface area contributed by atoms with Gasteiger partial charge in [-0.25, -0.2) is 4.63 Å². The summed E-state index contributed by atoms with van der Waals surface area (Å²) in [6.45, 7) is 0.534. The number of rotatable bonds is 4. The summed E-state index contributed by atoms with van der Waals surface area (Å²) in [5, 5.41) is 15.7. The van der Waals surface area contributed by atoms with Gasteiger partial charge in [-0.05, 0) is 14.1 Å². The van der Waals surface area contributed by atoms with Crippen LogP contribution in [-0.4, -0.2) is 40.4 Å². The van der Waals surface area contributed by atoms with Gasteiger partial charge in [0.25, 0.3) is 0 Å². The van der Waals surface area contributed by atoms with Crippen LogP contribution in [0.15, 0.2) is 4.63 Å². The summed E-state index contributed by atoms with van der Waals surface area (Å²) >= 11 is 0. The molecule has 0 saturated carbocycles. The molecule has 0 unspecified atom stereocenters. The van der Waals surface area contributed by atoms with Crippen molar-refractivity contribution in [1.82, 2.24) is 15.2 Å². The molecule has 1 aromatic heterocycles. The maximum Gasteiger partial charge on any atom is 0.309 e. The van der Waals surface area contributed by atoms with Crippen molar-refractivity contribution in [2.45, 2.75) is 13.0 Å². The average Bonchev–Trinajstić information content (AvgIpc) is 2.34. The smallest absolute Gasteiger partial charge is 0.309 e. The van der Waals surface area contributed by atoms with Gasteiger partial charge in [0.1, 0.15) is 11.4 Å². The second kappa shape index (κ2) is 3.99. The number of carboxylic acids is 1. The van der Waals surface area contributed by atoms with Crippen LogP contribution >= 0.6 is 0 Å². The highest BCUT2D eigenvalue weighted by Gasteiger charge is 2.13. The second-order valence-corrected chi connectivity index (χ2v) is 2.97. The van der Waals surface area contributed by atoms with Gasteiger partial charge in [0.15, 0.2) is 0 Å². The molecule has 0 bridgehead atoms. The molecule has 1 heterocycles. The molecule has 0 saturated heterocycles. The number of aliphatic carboxylic acids is 1. The molecule has 0 aliphatic rings. The van der Waals surface area contributed by atoms with Crippen LogP contribution in [0, 0.1) is 0 Å². The molecule has 1 aromatic rings. The maximum atomic E-state index is 10.4. The van der Waals surface area contributed by atoms with Gasteiger partial charge in [0.2, 0.25) is 0 Å². The molecule has 0 aliphatic heterocycles. The summed E-state index contributed by atoms with van der Waals surface area (Å²) in [6, 6.07) is 0. The number of aromatic nitrogens is 2. The third-order valence-corrected chi connectivity index (χ3v) is 1.42. The zero-order chi connectivity index (χ0) is 9.84. The van der Waals surface area contributed by atoms with E-state index >= 15 is 0 Å². The Bertz CT molecular complexity index is 295. The largest absolute Gasteiger partial charge is 0.481 e. The predicted molar refractivity (Wildman–Crippen MR) is 43.0 cm³/mol. The van der Waals surface area contributed by atoms with Crippen LogP contribution in [0.2, 0.25) is 0 Å². The summed E-state index contributed by atoms with van der Waals surface area (Å²) in [6.07, 6.45) is -0.146. The van der Waals surface area contributed by atoms with E-state index in [-0.39, 0.29) is 6.42 Å². The molecule has 13 heavy (non-hydrogen) atoms. The number of carbonyl (C=O) groups is 1. The van der Waals surface area contributed by atoms with E-state index in [4.69, 9.17) is 5.11 Å². The average molecular weight is 185 g/mol. The van der Waals surface area contributed by atoms with E-state index in [0.29, 0.717) is 17.9 Å². The Morgan fingerprint density at radius 2 is 2.08 bits per heavy atom. The van der Waals surface area contributed by atoms with E-state index in [9.17, 15) is 4.79 Å². The molecule has 72 valence electrons. The molecule has 6 nitrogen and oxygen atoms in total. The summed E-state index contributed by atoms with van der Waals surface area (Å²) < 4.78 is 4.46. The van der Waals surface area contributed by atoms with E-state index in [0.717, 1.165) is 0 Å². The van der Waals surface area contributed by atoms with E-state index in [1.54, 1.807) is 0 Å². The van der Waals surface area contributed by atoms with Gasteiger partial charge in [-0.1, -0.05) is 10.3 Å². The Kier molecular flexibility index (Phi) is 2.97. The van der Waals surface area contributed by atoms with Crippen molar-refractivity contribution in [2.75, 3.05) is 14.1 Å². The zero-order valence-electron chi connectivity index (χ0n) is 7.52. The van der Waals surface area contributed by atoms with E-state index < -0.39 is 5.97 Å². The van der Waals surface area contributed by atoms with Gasteiger partial charge < -0.3 is 10.0 Å². The molecule has 0 atom stereocenters. The standard InChI is InChI=1S/C7H11N3O3/c1-10(2)4-6-5(3-7(11)12)8-13-9-6/h3-4H2,1-2H3,(H,11,12). The zero-order valence-corrected chi connectivity index (χ0v) is 7.52. The Morgan fingerprint density at radius 1 is 1.46 bits per heavy atom. The normalized spacial score (nSPS) is 10.7. The Balaban J connectivity index is 2.71.